The zero-order valence-corrected chi connectivity index (χ0v) is 11.4. The fourth-order valence-corrected chi connectivity index (χ4v) is 1.92. The summed E-state index contributed by atoms with van der Waals surface area (Å²) >= 11 is 0. The van der Waals surface area contributed by atoms with Crippen molar-refractivity contribution in [2.24, 2.45) is 0 Å². The first-order chi connectivity index (χ1) is 8.99. The number of carboxylic acid groups (broad SMARTS) is 1. The molecule has 0 aliphatic carbocycles. The van der Waals surface area contributed by atoms with Gasteiger partial charge >= 0.3 is 5.97 Å². The number of halogens is 1. The SMILES string of the molecule is CCCC(NC(C)c1ccc(OC)c(F)c1)C(=O)O. The highest BCUT2D eigenvalue weighted by atomic mass is 19.1. The maximum absolute atomic E-state index is 13.6. The van der Waals surface area contributed by atoms with E-state index in [1.165, 1.54) is 13.2 Å². The first-order valence-corrected chi connectivity index (χ1v) is 6.31. The molecule has 0 saturated heterocycles. The Morgan fingerprint density at radius 3 is 2.68 bits per heavy atom. The summed E-state index contributed by atoms with van der Waals surface area (Å²) in [7, 11) is 1.40. The van der Waals surface area contributed by atoms with Gasteiger partial charge in [0.2, 0.25) is 0 Å². The van der Waals surface area contributed by atoms with Gasteiger partial charge in [0.05, 0.1) is 7.11 Å². The van der Waals surface area contributed by atoms with Crippen molar-refractivity contribution < 1.29 is 19.0 Å². The third-order valence-electron chi connectivity index (χ3n) is 3.00. The highest BCUT2D eigenvalue weighted by Gasteiger charge is 2.19. The van der Waals surface area contributed by atoms with E-state index in [0.29, 0.717) is 12.0 Å². The number of hydrogen-bond donors (Lipinski definition) is 2. The number of ether oxygens (including phenoxy) is 1. The molecule has 0 bridgehead atoms. The molecule has 106 valence electrons. The largest absolute Gasteiger partial charge is 0.494 e. The van der Waals surface area contributed by atoms with E-state index in [-0.39, 0.29) is 11.8 Å². The third-order valence-corrected chi connectivity index (χ3v) is 3.00. The van der Waals surface area contributed by atoms with Crippen molar-refractivity contribution in [1.82, 2.24) is 5.32 Å². The van der Waals surface area contributed by atoms with E-state index < -0.39 is 17.8 Å². The molecule has 0 spiro atoms. The molecule has 2 atom stereocenters. The number of benzene rings is 1. The van der Waals surface area contributed by atoms with Gasteiger partial charge in [0.1, 0.15) is 6.04 Å². The normalized spacial score (nSPS) is 13.9. The van der Waals surface area contributed by atoms with Crippen molar-refractivity contribution in [1.29, 1.82) is 0 Å². The zero-order valence-electron chi connectivity index (χ0n) is 11.4. The van der Waals surface area contributed by atoms with Gasteiger partial charge in [-0.1, -0.05) is 19.4 Å². The molecular weight excluding hydrogens is 249 g/mol. The Labute approximate surface area is 112 Å². The Balaban J connectivity index is 2.79. The second kappa shape index (κ2) is 7.09. The fourth-order valence-electron chi connectivity index (χ4n) is 1.92. The molecule has 0 aliphatic rings. The smallest absolute Gasteiger partial charge is 0.320 e. The number of nitrogens with one attached hydrogen (secondary N) is 1. The summed E-state index contributed by atoms with van der Waals surface area (Å²) in [6.45, 7) is 3.74. The van der Waals surface area contributed by atoms with E-state index in [9.17, 15) is 9.18 Å². The monoisotopic (exact) mass is 269 g/mol. The standard InChI is InChI=1S/C14H20FNO3/c1-4-5-12(14(17)18)16-9(2)10-6-7-13(19-3)11(15)8-10/h6-9,12,16H,4-5H2,1-3H3,(H,17,18). The summed E-state index contributed by atoms with van der Waals surface area (Å²) in [5.74, 6) is -1.15. The van der Waals surface area contributed by atoms with Crippen molar-refractivity contribution in [3.05, 3.63) is 29.6 Å². The van der Waals surface area contributed by atoms with E-state index in [1.54, 1.807) is 12.1 Å². The second-order valence-electron chi connectivity index (χ2n) is 4.46. The second-order valence-corrected chi connectivity index (χ2v) is 4.46. The van der Waals surface area contributed by atoms with Crippen LogP contribution in [0.1, 0.15) is 38.3 Å². The Kier molecular flexibility index (Phi) is 5.76. The summed E-state index contributed by atoms with van der Waals surface area (Å²) in [4.78, 5) is 11.1. The van der Waals surface area contributed by atoms with Gasteiger partial charge < -0.3 is 9.84 Å². The molecule has 1 aromatic carbocycles. The summed E-state index contributed by atoms with van der Waals surface area (Å²) in [6.07, 6.45) is 1.31. The highest BCUT2D eigenvalue weighted by Crippen LogP contribution is 2.22. The van der Waals surface area contributed by atoms with Gasteiger partial charge in [-0.25, -0.2) is 4.39 Å². The quantitative estimate of drug-likeness (QED) is 0.799. The summed E-state index contributed by atoms with van der Waals surface area (Å²) < 4.78 is 18.4. The van der Waals surface area contributed by atoms with Crippen molar-refractivity contribution >= 4 is 5.97 Å². The Morgan fingerprint density at radius 2 is 2.21 bits per heavy atom. The van der Waals surface area contributed by atoms with Crippen LogP contribution in [0.25, 0.3) is 0 Å². The predicted octanol–water partition coefficient (Wildman–Crippen LogP) is 2.74. The maximum Gasteiger partial charge on any atom is 0.320 e. The Bertz CT molecular complexity index is 437. The van der Waals surface area contributed by atoms with E-state index in [2.05, 4.69) is 5.32 Å². The van der Waals surface area contributed by atoms with Crippen LogP contribution < -0.4 is 10.1 Å². The number of carbonyl (C=O) groups is 1. The van der Waals surface area contributed by atoms with Gasteiger partial charge in [0.25, 0.3) is 0 Å². The van der Waals surface area contributed by atoms with Gasteiger partial charge in [0, 0.05) is 6.04 Å². The maximum atomic E-state index is 13.6. The minimum atomic E-state index is -0.886. The third kappa shape index (κ3) is 4.21. The molecule has 2 unspecified atom stereocenters. The summed E-state index contributed by atoms with van der Waals surface area (Å²) in [5, 5.41) is 12.1. The molecular formula is C14H20FNO3. The van der Waals surface area contributed by atoms with Crippen molar-refractivity contribution in [3.8, 4) is 5.75 Å². The molecule has 0 fully saturated rings. The van der Waals surface area contributed by atoms with Crippen molar-refractivity contribution in [2.45, 2.75) is 38.8 Å². The lowest BCUT2D eigenvalue weighted by atomic mass is 10.1. The van der Waals surface area contributed by atoms with Crippen molar-refractivity contribution in [3.63, 3.8) is 0 Å². The molecule has 4 nitrogen and oxygen atoms in total. The predicted molar refractivity (Wildman–Crippen MR) is 70.8 cm³/mol. The lowest BCUT2D eigenvalue weighted by molar-refractivity contribution is -0.139. The number of hydrogen-bond acceptors (Lipinski definition) is 3. The molecule has 2 N–H and O–H groups in total. The molecule has 1 aromatic rings. The number of aliphatic carboxylic acids is 1. The molecule has 1 rings (SSSR count). The minimum absolute atomic E-state index is 0.180. The van der Waals surface area contributed by atoms with E-state index >= 15 is 0 Å². The average molecular weight is 269 g/mol. The number of carboxylic acids is 1. The van der Waals surface area contributed by atoms with Gasteiger partial charge in [0.15, 0.2) is 11.6 Å². The molecule has 0 radical (unpaired) electrons. The number of rotatable bonds is 7. The van der Waals surface area contributed by atoms with Crippen LogP contribution in [-0.4, -0.2) is 24.2 Å². The van der Waals surface area contributed by atoms with Crippen LogP contribution in [-0.2, 0) is 4.79 Å². The zero-order chi connectivity index (χ0) is 14.4. The average Bonchev–Trinajstić information content (AvgIpc) is 2.37. The van der Waals surface area contributed by atoms with E-state index in [4.69, 9.17) is 9.84 Å². The van der Waals surface area contributed by atoms with Crippen LogP contribution in [0.5, 0.6) is 5.75 Å². The molecule has 0 aromatic heterocycles. The minimum Gasteiger partial charge on any atom is -0.494 e. The van der Waals surface area contributed by atoms with Crippen LogP contribution in [0.15, 0.2) is 18.2 Å². The van der Waals surface area contributed by atoms with Crippen LogP contribution in [0, 0.1) is 5.82 Å². The topological polar surface area (TPSA) is 58.6 Å². The molecule has 0 aliphatic heterocycles. The Hall–Kier alpha value is -1.62. The van der Waals surface area contributed by atoms with Gasteiger partial charge in [-0.3, -0.25) is 10.1 Å². The lowest BCUT2D eigenvalue weighted by Gasteiger charge is -2.20. The van der Waals surface area contributed by atoms with Gasteiger partial charge in [-0.15, -0.1) is 0 Å². The van der Waals surface area contributed by atoms with Crippen LogP contribution in [0.3, 0.4) is 0 Å². The van der Waals surface area contributed by atoms with E-state index in [0.717, 1.165) is 6.42 Å². The first kappa shape index (κ1) is 15.4. The van der Waals surface area contributed by atoms with E-state index in [1.807, 2.05) is 13.8 Å². The van der Waals surface area contributed by atoms with Crippen LogP contribution >= 0.6 is 0 Å². The summed E-state index contributed by atoms with van der Waals surface area (Å²) in [5.41, 5.74) is 0.695. The van der Waals surface area contributed by atoms with Crippen molar-refractivity contribution in [2.75, 3.05) is 7.11 Å². The highest BCUT2D eigenvalue weighted by molar-refractivity contribution is 5.73. The van der Waals surface area contributed by atoms with Crippen LogP contribution in [0.2, 0.25) is 0 Å². The summed E-state index contributed by atoms with van der Waals surface area (Å²) in [6, 6.07) is 3.77. The fraction of sp³-hybridized carbons (Fsp3) is 0.500. The number of methoxy groups -OCH3 is 1. The Morgan fingerprint density at radius 1 is 1.53 bits per heavy atom. The molecule has 19 heavy (non-hydrogen) atoms. The molecule has 0 heterocycles. The molecule has 0 saturated carbocycles. The van der Waals surface area contributed by atoms with Gasteiger partial charge in [-0.05, 0) is 31.0 Å². The molecule has 5 heteroatoms. The lowest BCUT2D eigenvalue weighted by Crippen LogP contribution is -2.38. The molecule has 0 amide bonds. The first-order valence-electron chi connectivity index (χ1n) is 6.31. The van der Waals surface area contributed by atoms with Crippen LogP contribution in [0.4, 0.5) is 4.39 Å². The van der Waals surface area contributed by atoms with Gasteiger partial charge in [-0.2, -0.15) is 0 Å².